The van der Waals surface area contributed by atoms with Gasteiger partial charge in [0.1, 0.15) is 16.6 Å². The first-order chi connectivity index (χ1) is 24.7. The fourth-order valence-electron chi connectivity index (χ4n) is 7.26. The monoisotopic (exact) mass is 765 g/mol. The highest BCUT2D eigenvalue weighted by Gasteiger charge is 2.80. The standard InChI is InChI=1S/C18H28N6OP.C13H7F9N4/c1-2-10-18-17(9-1)19-20-24(18)25-26(21-11-3-4-12-21,22-13-5-6-14-22)23-15-7-8-16-23;14-9-5-25(22)13(21,10(15,12(9,19)20)6-11(16,17)18)26-8-4-2-1-3-7(8)23-24-26/h1-2,9-10H,3-8,11-16H2;1-5H,6H2/q+1;. The molecule has 3 saturated heterocycles. The van der Waals surface area contributed by atoms with Crippen LogP contribution in [0.3, 0.4) is 0 Å². The molecule has 11 nitrogen and oxygen atoms in total. The zero-order valence-electron chi connectivity index (χ0n) is 27.6. The largest absolute Gasteiger partial charge is 0.451 e. The van der Waals surface area contributed by atoms with Gasteiger partial charge in [-0.3, -0.25) is 0 Å². The van der Waals surface area contributed by atoms with Crippen LogP contribution in [0.1, 0.15) is 44.9 Å². The number of rotatable bonds is 7. The molecule has 2 atom stereocenters. The van der Waals surface area contributed by atoms with E-state index in [1.165, 1.54) is 50.7 Å². The molecule has 52 heavy (non-hydrogen) atoms. The first kappa shape index (κ1) is 36.6. The number of hydrogen-bond acceptors (Lipinski definition) is 9. The van der Waals surface area contributed by atoms with Gasteiger partial charge in [0.15, 0.2) is 5.83 Å². The molecule has 3 fully saturated rings. The molecular formula is C31H35F9N10OP+. The Bertz CT molecular complexity index is 1870. The molecule has 4 aliphatic heterocycles. The number of para-hydroxylation sites is 2. The maximum Gasteiger partial charge on any atom is 0.451 e. The first-order valence-corrected chi connectivity index (χ1v) is 18.4. The molecule has 0 aliphatic carbocycles. The van der Waals surface area contributed by atoms with Crippen molar-refractivity contribution in [2.45, 2.75) is 68.6 Å². The minimum Gasteiger partial charge on any atom is -0.228 e. The van der Waals surface area contributed by atoms with E-state index in [9.17, 15) is 35.2 Å². The lowest BCUT2D eigenvalue weighted by Crippen LogP contribution is -2.69. The first-order valence-electron chi connectivity index (χ1n) is 16.8. The van der Waals surface area contributed by atoms with Crippen molar-refractivity contribution < 1.29 is 44.2 Å². The summed E-state index contributed by atoms with van der Waals surface area (Å²) in [6, 6.07) is 12.7. The number of benzene rings is 2. The van der Waals surface area contributed by atoms with Crippen molar-refractivity contribution in [3.05, 3.63) is 60.6 Å². The van der Waals surface area contributed by atoms with E-state index in [1.807, 2.05) is 18.2 Å². The van der Waals surface area contributed by atoms with E-state index < -0.39 is 65.4 Å². The van der Waals surface area contributed by atoms with E-state index >= 15 is 4.39 Å². The zero-order chi connectivity index (χ0) is 36.9. The van der Waals surface area contributed by atoms with Crippen LogP contribution in [0.15, 0.2) is 60.6 Å². The average molecular weight is 766 g/mol. The van der Waals surface area contributed by atoms with Gasteiger partial charge in [-0.05, 0) is 72.8 Å². The summed E-state index contributed by atoms with van der Waals surface area (Å²) in [5.41, 5.74) is -4.40. The Morgan fingerprint density at radius 2 is 1.15 bits per heavy atom. The van der Waals surface area contributed by atoms with Gasteiger partial charge in [-0.1, -0.05) is 34.0 Å². The molecule has 0 amide bonds. The Morgan fingerprint density at radius 1 is 0.692 bits per heavy atom. The summed E-state index contributed by atoms with van der Waals surface area (Å²) in [6.45, 7) is 6.79. The van der Waals surface area contributed by atoms with E-state index in [1.54, 1.807) is 4.85 Å². The molecule has 4 aromatic rings. The van der Waals surface area contributed by atoms with Crippen LogP contribution in [-0.2, 0) is 5.92 Å². The van der Waals surface area contributed by atoms with Gasteiger partial charge in [-0.25, -0.2) is 8.78 Å². The predicted octanol–water partition coefficient (Wildman–Crippen LogP) is 7.14. The Kier molecular flexibility index (Phi) is 9.57. The van der Waals surface area contributed by atoms with Crippen molar-refractivity contribution in [3.8, 4) is 0 Å². The molecule has 21 heteroatoms. The van der Waals surface area contributed by atoms with Crippen LogP contribution in [0.5, 0.6) is 0 Å². The molecule has 282 valence electrons. The number of alkyl halides is 7. The second-order valence-electron chi connectivity index (χ2n) is 13.1. The molecule has 0 spiro atoms. The van der Waals surface area contributed by atoms with Crippen LogP contribution >= 0.6 is 7.94 Å². The molecule has 2 aromatic heterocycles. The topological polar surface area (TPSA) is 83.6 Å². The van der Waals surface area contributed by atoms with E-state index in [4.69, 9.17) is 4.62 Å². The quantitative estimate of drug-likeness (QED) is 0.0844. The Morgan fingerprint density at radius 3 is 1.67 bits per heavy atom. The molecular weight excluding hydrogens is 730 g/mol. The molecule has 2 aromatic carbocycles. The predicted molar refractivity (Wildman–Crippen MR) is 172 cm³/mol. The Labute approximate surface area is 292 Å². The van der Waals surface area contributed by atoms with Gasteiger partial charge in [-0.2, -0.15) is 40.8 Å². The average Bonchev–Trinajstić information content (AvgIpc) is 3.96. The summed E-state index contributed by atoms with van der Waals surface area (Å²) >= 11 is 0. The zero-order valence-corrected chi connectivity index (χ0v) is 28.5. The fourth-order valence-corrected chi connectivity index (χ4v) is 11.4. The van der Waals surface area contributed by atoms with Gasteiger partial charge in [0, 0.05) is 39.3 Å². The van der Waals surface area contributed by atoms with Gasteiger partial charge >= 0.3 is 26.0 Å². The number of nitrogens with zero attached hydrogens (tertiary/aromatic N) is 10. The Hall–Kier alpha value is -3.74. The van der Waals surface area contributed by atoms with Crippen molar-refractivity contribution in [1.29, 1.82) is 0 Å². The van der Waals surface area contributed by atoms with E-state index in [2.05, 4.69) is 40.7 Å². The van der Waals surface area contributed by atoms with E-state index in [0.717, 1.165) is 62.4 Å². The molecule has 0 bridgehead atoms. The second kappa shape index (κ2) is 13.6. The number of aromatic nitrogens is 6. The third-order valence-corrected chi connectivity index (χ3v) is 13.5. The summed E-state index contributed by atoms with van der Waals surface area (Å²) < 4.78 is 139. The minimum atomic E-state index is -5.73. The smallest absolute Gasteiger partial charge is 0.228 e. The number of halogens is 9. The number of fused-ring (bicyclic) bond motifs is 2. The third kappa shape index (κ3) is 5.94. The SMILES string of the molecule is FC1=CN(F)C(F)(n2nnc3ccccc32)C(F)(CC(F)(F)F)C1(F)F.c1ccc2c(c1)nnn2O[P+](N1CCCC1)(N1CCCC1)N1CCCC1. The van der Waals surface area contributed by atoms with E-state index in [0.29, 0.717) is 0 Å². The van der Waals surface area contributed by atoms with Gasteiger partial charge in [-0.15, -0.1) is 24.2 Å². The van der Waals surface area contributed by atoms with Gasteiger partial charge in [0.2, 0.25) is 0 Å². The van der Waals surface area contributed by atoms with Crippen molar-refractivity contribution in [3.63, 3.8) is 0 Å². The number of allylic oxidation sites excluding steroid dienone is 1. The lowest BCUT2D eigenvalue weighted by atomic mass is 9.85. The number of hydrogen-bond donors (Lipinski definition) is 0. The van der Waals surface area contributed by atoms with Crippen molar-refractivity contribution in [1.82, 2.24) is 49.3 Å². The lowest BCUT2D eigenvalue weighted by molar-refractivity contribution is -0.347. The summed E-state index contributed by atoms with van der Waals surface area (Å²) in [4.78, 5) is 1.72. The van der Waals surface area contributed by atoms with Crippen molar-refractivity contribution in [2.24, 2.45) is 0 Å². The second-order valence-corrected chi connectivity index (χ2v) is 15.9. The molecule has 0 N–H and O–H groups in total. The highest BCUT2D eigenvalue weighted by atomic mass is 31.2. The van der Waals surface area contributed by atoms with E-state index in [-0.39, 0.29) is 5.52 Å². The summed E-state index contributed by atoms with van der Waals surface area (Å²) in [5.74, 6) is -13.4. The van der Waals surface area contributed by atoms with Crippen LogP contribution in [0.25, 0.3) is 22.1 Å². The van der Waals surface area contributed by atoms with Crippen LogP contribution in [0.2, 0.25) is 0 Å². The minimum absolute atomic E-state index is 0.245. The fraction of sp³-hybridized carbons (Fsp3) is 0.548. The van der Waals surface area contributed by atoms with Gasteiger partial charge in [0.05, 0.1) is 18.1 Å². The van der Waals surface area contributed by atoms with Gasteiger partial charge in [0.25, 0.3) is 5.67 Å². The molecule has 0 radical (unpaired) electrons. The highest BCUT2D eigenvalue weighted by Crippen LogP contribution is 2.68. The van der Waals surface area contributed by atoms with Crippen LogP contribution < -0.4 is 4.62 Å². The molecule has 2 unspecified atom stereocenters. The summed E-state index contributed by atoms with van der Waals surface area (Å²) in [6.07, 6.45) is -2.09. The molecule has 0 saturated carbocycles. The molecule has 8 rings (SSSR count). The molecule has 4 aliphatic rings. The maximum absolute atomic E-state index is 15.4. The lowest BCUT2D eigenvalue weighted by Gasteiger charge is -2.46. The van der Waals surface area contributed by atoms with Crippen LogP contribution in [0.4, 0.5) is 39.6 Å². The van der Waals surface area contributed by atoms with Crippen LogP contribution in [-0.4, -0.2) is 106 Å². The van der Waals surface area contributed by atoms with Crippen molar-refractivity contribution >= 4 is 30.0 Å². The maximum atomic E-state index is 15.4. The third-order valence-electron chi connectivity index (χ3n) is 9.75. The van der Waals surface area contributed by atoms with Gasteiger partial charge < -0.3 is 0 Å². The summed E-state index contributed by atoms with van der Waals surface area (Å²) in [7, 11) is -2.07. The summed E-state index contributed by atoms with van der Waals surface area (Å²) in [5, 5.41) is 13.4. The normalized spacial score (nSPS) is 26.2. The van der Waals surface area contributed by atoms with Crippen LogP contribution in [0, 0.1) is 0 Å². The molecule has 6 heterocycles. The Balaban J connectivity index is 0.000000162. The van der Waals surface area contributed by atoms with Crippen molar-refractivity contribution in [2.75, 3.05) is 39.3 Å². The highest BCUT2D eigenvalue weighted by molar-refractivity contribution is 7.64.